The Hall–Kier alpha value is -4.04. The molecule has 8 nitrogen and oxygen atoms in total. The standard InChI is InChI=1S/C28H24ClN3O5/c29-21-5-2-1-4-20(21)27(34)30-22(11-17-8-9-24-25(12-17)37-16-36-24)28(35)31-13-18-10-19(15-31)23-6-3-7-26(33)32(23)14-18/h1-9,11-12,18-19H,10,13-16H2,(H,30,34). The monoisotopic (exact) mass is 517 g/mol. The summed E-state index contributed by atoms with van der Waals surface area (Å²) < 4.78 is 12.7. The molecule has 2 aromatic carbocycles. The van der Waals surface area contributed by atoms with Crippen molar-refractivity contribution in [3.8, 4) is 11.5 Å². The van der Waals surface area contributed by atoms with E-state index in [2.05, 4.69) is 5.32 Å². The Bertz CT molecular complexity index is 1500. The van der Waals surface area contributed by atoms with Crippen LogP contribution < -0.4 is 20.3 Å². The number of pyridine rings is 1. The molecular weight excluding hydrogens is 494 g/mol. The molecule has 9 heteroatoms. The molecule has 0 saturated carbocycles. The van der Waals surface area contributed by atoms with E-state index in [4.69, 9.17) is 21.1 Å². The van der Waals surface area contributed by atoms with E-state index in [0.29, 0.717) is 41.7 Å². The van der Waals surface area contributed by atoms with Gasteiger partial charge in [0, 0.05) is 37.3 Å². The van der Waals surface area contributed by atoms with Gasteiger partial charge in [-0.15, -0.1) is 0 Å². The average molecular weight is 518 g/mol. The number of ether oxygens (including phenoxy) is 2. The number of fused-ring (bicyclic) bond motifs is 5. The normalized spacial score (nSPS) is 19.8. The average Bonchev–Trinajstić information content (AvgIpc) is 3.37. The van der Waals surface area contributed by atoms with Gasteiger partial charge in [0.2, 0.25) is 6.79 Å². The van der Waals surface area contributed by atoms with Crippen LogP contribution in [-0.4, -0.2) is 41.2 Å². The summed E-state index contributed by atoms with van der Waals surface area (Å²) in [7, 11) is 0. The molecule has 1 fully saturated rings. The summed E-state index contributed by atoms with van der Waals surface area (Å²) in [5.41, 5.74) is 2.03. The summed E-state index contributed by atoms with van der Waals surface area (Å²) in [5.74, 6) is 0.646. The number of hydrogen-bond donors (Lipinski definition) is 1. The number of hydrogen-bond acceptors (Lipinski definition) is 5. The number of nitrogens with one attached hydrogen (secondary N) is 1. The summed E-state index contributed by atoms with van der Waals surface area (Å²) in [6.45, 7) is 1.66. The van der Waals surface area contributed by atoms with Crippen LogP contribution in [0, 0.1) is 5.92 Å². The highest BCUT2D eigenvalue weighted by molar-refractivity contribution is 6.34. The molecule has 3 aliphatic heterocycles. The lowest BCUT2D eigenvalue weighted by Gasteiger charge is -2.43. The van der Waals surface area contributed by atoms with Crippen molar-refractivity contribution in [2.24, 2.45) is 5.92 Å². The molecule has 1 aromatic heterocycles. The van der Waals surface area contributed by atoms with E-state index in [-0.39, 0.29) is 41.4 Å². The van der Waals surface area contributed by atoms with Gasteiger partial charge in [-0.2, -0.15) is 0 Å². The first-order chi connectivity index (χ1) is 18.0. The van der Waals surface area contributed by atoms with Crippen LogP contribution in [0.15, 0.2) is 71.2 Å². The molecule has 0 radical (unpaired) electrons. The number of halogens is 1. The number of aromatic nitrogens is 1. The second kappa shape index (κ2) is 9.44. The van der Waals surface area contributed by atoms with E-state index < -0.39 is 5.91 Å². The quantitative estimate of drug-likeness (QED) is 0.534. The van der Waals surface area contributed by atoms with Crippen molar-refractivity contribution >= 4 is 29.5 Å². The molecule has 0 spiro atoms. The molecule has 2 atom stereocenters. The van der Waals surface area contributed by atoms with Crippen LogP contribution in [0.1, 0.15) is 34.0 Å². The number of rotatable bonds is 4. The first-order valence-corrected chi connectivity index (χ1v) is 12.5. The Balaban J connectivity index is 1.32. The van der Waals surface area contributed by atoms with Crippen LogP contribution >= 0.6 is 11.6 Å². The van der Waals surface area contributed by atoms with E-state index in [1.807, 2.05) is 10.6 Å². The fraction of sp³-hybridized carbons (Fsp3) is 0.250. The molecule has 3 aliphatic rings. The predicted octanol–water partition coefficient (Wildman–Crippen LogP) is 3.65. The molecule has 4 heterocycles. The third-order valence-electron chi connectivity index (χ3n) is 7.07. The second-order valence-corrected chi connectivity index (χ2v) is 9.92. The zero-order chi connectivity index (χ0) is 25.5. The maximum absolute atomic E-state index is 13.9. The van der Waals surface area contributed by atoms with Crippen molar-refractivity contribution in [2.45, 2.75) is 18.9 Å². The van der Waals surface area contributed by atoms with Crippen molar-refractivity contribution in [3.05, 3.63) is 98.6 Å². The van der Waals surface area contributed by atoms with Crippen molar-refractivity contribution in [1.29, 1.82) is 0 Å². The highest BCUT2D eigenvalue weighted by Crippen LogP contribution is 2.36. The van der Waals surface area contributed by atoms with Crippen LogP contribution in [0.3, 0.4) is 0 Å². The van der Waals surface area contributed by atoms with E-state index in [0.717, 1.165) is 12.1 Å². The fourth-order valence-electron chi connectivity index (χ4n) is 5.39. The zero-order valence-corrected chi connectivity index (χ0v) is 20.6. The Morgan fingerprint density at radius 1 is 0.973 bits per heavy atom. The van der Waals surface area contributed by atoms with E-state index in [1.54, 1.807) is 65.6 Å². The van der Waals surface area contributed by atoms with Crippen molar-refractivity contribution < 1.29 is 19.1 Å². The van der Waals surface area contributed by atoms with Gasteiger partial charge < -0.3 is 24.3 Å². The number of likely N-dealkylation sites (tertiary alicyclic amines) is 1. The van der Waals surface area contributed by atoms with Gasteiger partial charge in [0.05, 0.1) is 10.6 Å². The number of piperidine rings is 1. The van der Waals surface area contributed by atoms with Crippen molar-refractivity contribution in [3.63, 3.8) is 0 Å². The lowest BCUT2D eigenvalue weighted by molar-refractivity contribution is -0.130. The molecule has 2 unspecified atom stereocenters. The number of benzene rings is 2. The third-order valence-corrected chi connectivity index (χ3v) is 7.40. The topological polar surface area (TPSA) is 89.9 Å². The summed E-state index contributed by atoms with van der Waals surface area (Å²) in [4.78, 5) is 41.2. The molecule has 2 amide bonds. The molecular formula is C28H24ClN3O5. The number of amides is 2. The first-order valence-electron chi connectivity index (χ1n) is 12.1. The summed E-state index contributed by atoms with van der Waals surface area (Å²) in [5, 5.41) is 3.10. The maximum Gasteiger partial charge on any atom is 0.270 e. The number of nitrogens with zero attached hydrogens (tertiary/aromatic N) is 2. The smallest absolute Gasteiger partial charge is 0.270 e. The maximum atomic E-state index is 13.9. The Labute approximate surface area is 218 Å². The minimum absolute atomic E-state index is 0.0117. The van der Waals surface area contributed by atoms with Gasteiger partial charge in [-0.1, -0.05) is 35.9 Å². The van der Waals surface area contributed by atoms with Gasteiger partial charge >= 0.3 is 0 Å². The largest absolute Gasteiger partial charge is 0.454 e. The molecule has 188 valence electrons. The van der Waals surface area contributed by atoms with Crippen LogP contribution in [0.25, 0.3) is 6.08 Å². The Morgan fingerprint density at radius 2 is 1.81 bits per heavy atom. The summed E-state index contributed by atoms with van der Waals surface area (Å²) in [6.07, 6.45) is 2.56. The SMILES string of the molecule is O=C(NC(=Cc1ccc2c(c1)OCO2)C(=O)N1CC2CC(C1)c1cccc(=O)n1C2)c1ccccc1Cl. The molecule has 0 aliphatic carbocycles. The molecule has 1 saturated heterocycles. The highest BCUT2D eigenvalue weighted by Gasteiger charge is 2.37. The fourth-order valence-corrected chi connectivity index (χ4v) is 5.61. The van der Waals surface area contributed by atoms with Gasteiger partial charge in [-0.25, -0.2) is 0 Å². The molecule has 3 aromatic rings. The minimum Gasteiger partial charge on any atom is -0.454 e. The summed E-state index contributed by atoms with van der Waals surface area (Å²) >= 11 is 6.25. The van der Waals surface area contributed by atoms with Gasteiger partial charge in [0.15, 0.2) is 11.5 Å². The van der Waals surface area contributed by atoms with Crippen LogP contribution in [0.5, 0.6) is 11.5 Å². The third kappa shape index (κ3) is 4.49. The van der Waals surface area contributed by atoms with Gasteiger partial charge in [0.25, 0.3) is 17.4 Å². The van der Waals surface area contributed by atoms with Gasteiger partial charge in [0.1, 0.15) is 5.70 Å². The Kier molecular flexibility index (Phi) is 5.96. The highest BCUT2D eigenvalue weighted by atomic mass is 35.5. The predicted molar refractivity (Wildman–Crippen MR) is 138 cm³/mol. The molecule has 1 N–H and O–H groups in total. The zero-order valence-electron chi connectivity index (χ0n) is 19.9. The first kappa shape index (κ1) is 23.4. The van der Waals surface area contributed by atoms with Crippen molar-refractivity contribution in [1.82, 2.24) is 14.8 Å². The molecule has 2 bridgehead atoms. The Morgan fingerprint density at radius 3 is 2.68 bits per heavy atom. The van der Waals surface area contributed by atoms with Crippen molar-refractivity contribution in [2.75, 3.05) is 19.9 Å². The lowest BCUT2D eigenvalue weighted by atomic mass is 9.83. The van der Waals surface area contributed by atoms with Crippen LogP contribution in [0.4, 0.5) is 0 Å². The van der Waals surface area contributed by atoms with Crippen LogP contribution in [-0.2, 0) is 11.3 Å². The molecule has 37 heavy (non-hydrogen) atoms. The minimum atomic E-state index is -0.472. The second-order valence-electron chi connectivity index (χ2n) is 9.51. The van der Waals surface area contributed by atoms with Gasteiger partial charge in [-0.3, -0.25) is 14.4 Å². The number of carbonyl (C=O) groups is 2. The molecule has 6 rings (SSSR count). The van der Waals surface area contributed by atoms with E-state index >= 15 is 0 Å². The van der Waals surface area contributed by atoms with Gasteiger partial charge in [-0.05, 0) is 54.3 Å². The summed E-state index contributed by atoms with van der Waals surface area (Å²) in [6, 6.07) is 17.3. The lowest BCUT2D eigenvalue weighted by Crippen LogP contribution is -2.50. The van der Waals surface area contributed by atoms with Crippen LogP contribution in [0.2, 0.25) is 5.02 Å². The van der Waals surface area contributed by atoms with E-state index in [9.17, 15) is 14.4 Å². The van der Waals surface area contributed by atoms with E-state index in [1.165, 1.54) is 0 Å². The number of carbonyl (C=O) groups excluding carboxylic acids is 2.